The number of hydrogen-bond donors (Lipinski definition) is 2. The van der Waals surface area contributed by atoms with Crippen LogP contribution in [-0.4, -0.2) is 24.2 Å². The molecule has 0 radical (unpaired) electrons. The Morgan fingerprint density at radius 3 is 2.47 bits per heavy atom. The fourth-order valence-electron chi connectivity index (χ4n) is 2.95. The Morgan fingerprint density at radius 2 is 1.95 bits per heavy atom. The number of nitrogens with two attached hydrogens (primary N) is 1. The number of carbonyl (C=O) groups is 1. The van der Waals surface area contributed by atoms with Crippen LogP contribution in [0.25, 0.3) is 0 Å². The number of anilines is 2. The monoisotopic (exact) mass is 282 g/mol. The molecule has 1 saturated heterocycles. The van der Waals surface area contributed by atoms with Gasteiger partial charge in [0, 0.05) is 18.8 Å². The molecule has 1 heterocycles. The van der Waals surface area contributed by atoms with Crippen LogP contribution in [0.1, 0.15) is 30.6 Å². The third-order valence-electron chi connectivity index (χ3n) is 3.50. The molecule has 5 heteroatoms. The first-order chi connectivity index (χ1) is 8.88. The Morgan fingerprint density at radius 1 is 1.37 bits per heavy atom. The summed E-state index contributed by atoms with van der Waals surface area (Å²) < 4.78 is 0. The number of benzene rings is 1. The van der Waals surface area contributed by atoms with Crippen molar-refractivity contribution in [1.82, 2.24) is 0 Å². The van der Waals surface area contributed by atoms with Crippen LogP contribution in [0.4, 0.5) is 11.4 Å². The molecule has 1 fully saturated rings. The van der Waals surface area contributed by atoms with Crippen molar-refractivity contribution in [2.75, 3.05) is 23.7 Å². The number of rotatable bonds is 2. The van der Waals surface area contributed by atoms with Gasteiger partial charge in [0.15, 0.2) is 0 Å². The standard InChI is InChI=1S/C14H19ClN2O2/c1-8-3-9(2)7-17(6-8)13-11(14(18)19)4-10(16)5-12(13)15/h4-5,8-9H,3,6-7,16H2,1-2H3,(H,18,19). The summed E-state index contributed by atoms with van der Waals surface area (Å²) in [6.07, 6.45) is 1.16. The number of aromatic carboxylic acids is 1. The van der Waals surface area contributed by atoms with Gasteiger partial charge in [-0.15, -0.1) is 0 Å². The normalized spacial score (nSPS) is 23.4. The minimum atomic E-state index is -0.991. The number of piperidine rings is 1. The van der Waals surface area contributed by atoms with Crippen LogP contribution in [0.5, 0.6) is 0 Å². The largest absolute Gasteiger partial charge is 0.478 e. The average molecular weight is 283 g/mol. The summed E-state index contributed by atoms with van der Waals surface area (Å²) in [7, 11) is 0. The maximum absolute atomic E-state index is 11.4. The van der Waals surface area contributed by atoms with E-state index in [1.54, 1.807) is 6.07 Å². The average Bonchev–Trinajstić information content (AvgIpc) is 2.25. The lowest BCUT2D eigenvalue weighted by atomic mass is 9.91. The second-order valence-electron chi connectivity index (χ2n) is 5.56. The van der Waals surface area contributed by atoms with E-state index in [9.17, 15) is 9.90 Å². The van der Waals surface area contributed by atoms with Gasteiger partial charge >= 0.3 is 5.97 Å². The van der Waals surface area contributed by atoms with Gasteiger partial charge in [-0.2, -0.15) is 0 Å². The molecule has 0 aliphatic carbocycles. The Balaban J connectivity index is 2.46. The molecule has 0 saturated carbocycles. The zero-order chi connectivity index (χ0) is 14.2. The predicted molar refractivity (Wildman–Crippen MR) is 78.0 cm³/mol. The van der Waals surface area contributed by atoms with Crippen LogP contribution >= 0.6 is 11.6 Å². The topological polar surface area (TPSA) is 66.6 Å². The van der Waals surface area contributed by atoms with Crippen molar-refractivity contribution < 1.29 is 9.90 Å². The highest BCUT2D eigenvalue weighted by atomic mass is 35.5. The summed E-state index contributed by atoms with van der Waals surface area (Å²) in [6.45, 7) is 6.01. The zero-order valence-electron chi connectivity index (χ0n) is 11.2. The van der Waals surface area contributed by atoms with Crippen LogP contribution in [0.15, 0.2) is 12.1 Å². The molecule has 1 aromatic carbocycles. The molecule has 2 rings (SSSR count). The number of carboxylic acids is 1. The first-order valence-electron chi connectivity index (χ1n) is 6.45. The van der Waals surface area contributed by atoms with Crippen molar-refractivity contribution in [2.45, 2.75) is 20.3 Å². The van der Waals surface area contributed by atoms with E-state index in [0.29, 0.717) is 28.2 Å². The molecule has 2 unspecified atom stereocenters. The minimum absolute atomic E-state index is 0.186. The van der Waals surface area contributed by atoms with Gasteiger partial charge in [-0.1, -0.05) is 25.4 Å². The SMILES string of the molecule is CC1CC(C)CN(c2c(Cl)cc(N)cc2C(=O)O)C1. The van der Waals surface area contributed by atoms with Crippen LogP contribution in [-0.2, 0) is 0 Å². The van der Waals surface area contributed by atoms with E-state index in [4.69, 9.17) is 17.3 Å². The van der Waals surface area contributed by atoms with E-state index < -0.39 is 5.97 Å². The smallest absolute Gasteiger partial charge is 0.337 e. The van der Waals surface area contributed by atoms with Gasteiger partial charge in [-0.3, -0.25) is 0 Å². The first kappa shape index (κ1) is 14.0. The van der Waals surface area contributed by atoms with Gasteiger partial charge in [-0.05, 0) is 30.4 Å². The molecule has 1 aliphatic heterocycles. The van der Waals surface area contributed by atoms with Gasteiger partial charge in [0.1, 0.15) is 0 Å². The molecule has 1 aliphatic rings. The minimum Gasteiger partial charge on any atom is -0.478 e. The lowest BCUT2D eigenvalue weighted by molar-refractivity contribution is 0.0697. The quantitative estimate of drug-likeness (QED) is 0.818. The van der Waals surface area contributed by atoms with Gasteiger partial charge < -0.3 is 15.7 Å². The van der Waals surface area contributed by atoms with Crippen LogP contribution in [0.2, 0.25) is 5.02 Å². The summed E-state index contributed by atoms with van der Waals surface area (Å²) in [5.74, 6) is 0.0631. The summed E-state index contributed by atoms with van der Waals surface area (Å²) in [5, 5.41) is 9.75. The lowest BCUT2D eigenvalue weighted by Gasteiger charge is -2.37. The van der Waals surface area contributed by atoms with Crippen molar-refractivity contribution in [3.63, 3.8) is 0 Å². The highest BCUT2D eigenvalue weighted by molar-refractivity contribution is 6.34. The predicted octanol–water partition coefficient (Wildman–Crippen LogP) is 3.10. The van der Waals surface area contributed by atoms with Gasteiger partial charge in [0.2, 0.25) is 0 Å². The first-order valence-corrected chi connectivity index (χ1v) is 6.83. The van der Waals surface area contributed by atoms with Crippen molar-refractivity contribution >= 4 is 28.9 Å². The number of carboxylic acid groups (broad SMARTS) is 1. The van der Waals surface area contributed by atoms with Crippen LogP contribution in [0.3, 0.4) is 0 Å². The molecule has 2 atom stereocenters. The van der Waals surface area contributed by atoms with E-state index in [0.717, 1.165) is 19.5 Å². The summed E-state index contributed by atoms with van der Waals surface area (Å²) >= 11 is 6.22. The Kier molecular flexibility index (Phi) is 3.90. The van der Waals surface area contributed by atoms with Crippen molar-refractivity contribution in [2.24, 2.45) is 11.8 Å². The number of nitrogens with zero attached hydrogens (tertiary/aromatic N) is 1. The van der Waals surface area contributed by atoms with Crippen molar-refractivity contribution in [1.29, 1.82) is 0 Å². The third kappa shape index (κ3) is 2.95. The molecule has 0 spiro atoms. The van der Waals surface area contributed by atoms with Gasteiger partial charge in [0.05, 0.1) is 16.3 Å². The Labute approximate surface area is 118 Å². The van der Waals surface area contributed by atoms with Crippen LogP contribution in [0, 0.1) is 11.8 Å². The van der Waals surface area contributed by atoms with Crippen molar-refractivity contribution in [3.8, 4) is 0 Å². The fraction of sp³-hybridized carbons (Fsp3) is 0.500. The summed E-state index contributed by atoms with van der Waals surface area (Å²) in [5.41, 5.74) is 6.85. The molecule has 1 aromatic rings. The number of hydrogen-bond acceptors (Lipinski definition) is 3. The molecular formula is C14H19ClN2O2. The van der Waals surface area contributed by atoms with E-state index in [1.165, 1.54) is 6.07 Å². The summed E-state index contributed by atoms with van der Waals surface area (Å²) in [4.78, 5) is 13.5. The second kappa shape index (κ2) is 5.29. The second-order valence-corrected chi connectivity index (χ2v) is 5.96. The third-order valence-corrected chi connectivity index (χ3v) is 3.79. The van der Waals surface area contributed by atoms with E-state index in [1.807, 2.05) is 0 Å². The van der Waals surface area contributed by atoms with Gasteiger partial charge in [0.25, 0.3) is 0 Å². The summed E-state index contributed by atoms with van der Waals surface area (Å²) in [6, 6.07) is 3.10. The maximum Gasteiger partial charge on any atom is 0.337 e. The molecule has 0 aromatic heterocycles. The zero-order valence-corrected chi connectivity index (χ0v) is 11.9. The Hall–Kier alpha value is -1.42. The van der Waals surface area contributed by atoms with Crippen molar-refractivity contribution in [3.05, 3.63) is 22.7 Å². The molecule has 19 heavy (non-hydrogen) atoms. The molecule has 104 valence electrons. The molecule has 4 nitrogen and oxygen atoms in total. The van der Waals surface area contributed by atoms with Crippen LogP contribution < -0.4 is 10.6 Å². The fourth-order valence-corrected chi connectivity index (χ4v) is 3.30. The maximum atomic E-state index is 11.4. The number of nitrogen functional groups attached to an aromatic ring is 1. The van der Waals surface area contributed by atoms with E-state index in [2.05, 4.69) is 18.7 Å². The number of halogens is 1. The highest BCUT2D eigenvalue weighted by Gasteiger charge is 2.27. The molecule has 0 bridgehead atoms. The van der Waals surface area contributed by atoms with Gasteiger partial charge in [-0.25, -0.2) is 4.79 Å². The lowest BCUT2D eigenvalue weighted by Crippen LogP contribution is -2.39. The van der Waals surface area contributed by atoms with E-state index in [-0.39, 0.29) is 5.56 Å². The van der Waals surface area contributed by atoms with E-state index >= 15 is 0 Å². The molecule has 0 amide bonds. The molecule has 3 N–H and O–H groups in total. The highest BCUT2D eigenvalue weighted by Crippen LogP contribution is 2.36. The molecular weight excluding hydrogens is 264 g/mol. The Bertz CT molecular complexity index is 494.